The number of ether oxygens (including phenoxy) is 1. The average molecular weight is 445 g/mol. The Kier molecular flexibility index (Phi) is 7.67. The molecule has 0 aromatic heterocycles. The predicted octanol–water partition coefficient (Wildman–Crippen LogP) is 2.81. The molecular weight excluding hydrogens is 416 g/mol. The smallest absolute Gasteiger partial charge is 0.163 e. The Hall–Kier alpha value is -2.45. The SMILES string of the molecule is COCC1=C([C@H](O)CC/C(=C/c2ccc(O)cc2)c2ccccc2)[C@H](CO)S(=O)(=O)C1. The molecule has 0 saturated carbocycles. The van der Waals surface area contributed by atoms with Crippen molar-refractivity contribution < 1.29 is 28.5 Å². The summed E-state index contributed by atoms with van der Waals surface area (Å²) in [5.74, 6) is -0.0168. The summed E-state index contributed by atoms with van der Waals surface area (Å²) in [7, 11) is -2.07. The van der Waals surface area contributed by atoms with Crippen LogP contribution in [0.2, 0.25) is 0 Å². The van der Waals surface area contributed by atoms with Gasteiger partial charge < -0.3 is 20.1 Å². The fourth-order valence-corrected chi connectivity index (χ4v) is 5.86. The van der Waals surface area contributed by atoms with Gasteiger partial charge in [-0.2, -0.15) is 0 Å². The minimum absolute atomic E-state index is 0.108. The summed E-state index contributed by atoms with van der Waals surface area (Å²) in [6, 6.07) is 16.6. The molecule has 2 atom stereocenters. The first kappa shape index (κ1) is 23.2. The molecule has 2 aromatic rings. The van der Waals surface area contributed by atoms with E-state index in [4.69, 9.17) is 4.74 Å². The molecule has 1 aliphatic heterocycles. The number of aromatic hydroxyl groups is 1. The van der Waals surface area contributed by atoms with Gasteiger partial charge in [-0.25, -0.2) is 8.42 Å². The van der Waals surface area contributed by atoms with E-state index in [0.29, 0.717) is 24.0 Å². The number of hydrogen-bond acceptors (Lipinski definition) is 6. The zero-order chi connectivity index (χ0) is 22.4. The normalized spacial score (nSPS) is 19.6. The van der Waals surface area contributed by atoms with Crippen LogP contribution in [0, 0.1) is 0 Å². The van der Waals surface area contributed by atoms with Crippen LogP contribution >= 0.6 is 0 Å². The molecule has 0 saturated heterocycles. The molecule has 0 amide bonds. The van der Waals surface area contributed by atoms with Gasteiger partial charge in [0.25, 0.3) is 0 Å². The molecule has 1 heterocycles. The fraction of sp³-hybridized carbons (Fsp3) is 0.333. The first-order valence-electron chi connectivity index (χ1n) is 10.1. The summed E-state index contributed by atoms with van der Waals surface area (Å²) >= 11 is 0. The number of rotatable bonds is 9. The molecule has 0 fully saturated rings. The standard InChI is InChI=1S/C24H28O6S/c1-30-15-20-16-31(28,29)23(14-25)24(20)22(27)12-9-19(18-5-3-2-4-6-18)13-17-7-10-21(26)11-8-17/h2-8,10-11,13,22-23,25-27H,9,12,14-16H2,1H3/b19-13-/t22-,23+/m1/s1. The van der Waals surface area contributed by atoms with Gasteiger partial charge in [0.1, 0.15) is 11.0 Å². The molecule has 1 aliphatic rings. The van der Waals surface area contributed by atoms with Crippen LogP contribution in [0.1, 0.15) is 24.0 Å². The number of aliphatic hydroxyl groups is 2. The molecule has 0 bridgehead atoms. The van der Waals surface area contributed by atoms with Crippen molar-refractivity contribution in [3.8, 4) is 5.75 Å². The van der Waals surface area contributed by atoms with E-state index >= 15 is 0 Å². The topological polar surface area (TPSA) is 104 Å². The van der Waals surface area contributed by atoms with Gasteiger partial charge in [-0.1, -0.05) is 48.5 Å². The summed E-state index contributed by atoms with van der Waals surface area (Å²) in [6.07, 6.45) is 1.77. The fourth-order valence-electron chi connectivity index (χ4n) is 3.98. The Morgan fingerprint density at radius 3 is 2.45 bits per heavy atom. The van der Waals surface area contributed by atoms with Gasteiger partial charge in [0.15, 0.2) is 9.84 Å². The number of aliphatic hydroxyl groups excluding tert-OH is 2. The van der Waals surface area contributed by atoms with Crippen LogP contribution in [-0.4, -0.2) is 61.2 Å². The number of sulfone groups is 1. The highest BCUT2D eigenvalue weighted by molar-refractivity contribution is 7.92. The first-order valence-corrected chi connectivity index (χ1v) is 11.8. The summed E-state index contributed by atoms with van der Waals surface area (Å²) in [4.78, 5) is 0. The lowest BCUT2D eigenvalue weighted by Crippen LogP contribution is -2.29. The average Bonchev–Trinajstić information content (AvgIpc) is 3.02. The molecule has 0 radical (unpaired) electrons. The van der Waals surface area contributed by atoms with Crippen molar-refractivity contribution in [2.75, 3.05) is 26.1 Å². The number of phenolic OH excluding ortho intramolecular Hbond substituents is 1. The Morgan fingerprint density at radius 1 is 1.16 bits per heavy atom. The second kappa shape index (κ2) is 10.2. The van der Waals surface area contributed by atoms with Gasteiger partial charge in [-0.3, -0.25) is 0 Å². The van der Waals surface area contributed by atoms with E-state index in [1.54, 1.807) is 24.3 Å². The monoisotopic (exact) mass is 444 g/mol. The molecule has 6 nitrogen and oxygen atoms in total. The van der Waals surface area contributed by atoms with Gasteiger partial charge in [0.2, 0.25) is 0 Å². The third-order valence-corrected chi connectivity index (χ3v) is 7.49. The van der Waals surface area contributed by atoms with Crippen LogP contribution in [0.3, 0.4) is 0 Å². The van der Waals surface area contributed by atoms with E-state index in [1.807, 2.05) is 36.4 Å². The number of methoxy groups -OCH3 is 1. The van der Waals surface area contributed by atoms with Gasteiger partial charge in [-0.15, -0.1) is 0 Å². The quantitative estimate of drug-likeness (QED) is 0.406. The van der Waals surface area contributed by atoms with Crippen molar-refractivity contribution in [3.63, 3.8) is 0 Å². The number of allylic oxidation sites excluding steroid dienone is 1. The molecule has 3 rings (SSSR count). The van der Waals surface area contributed by atoms with E-state index in [-0.39, 0.29) is 18.1 Å². The van der Waals surface area contributed by atoms with Gasteiger partial charge in [0, 0.05) is 7.11 Å². The molecule has 3 N–H and O–H groups in total. The molecule has 0 unspecified atom stereocenters. The second-order valence-corrected chi connectivity index (χ2v) is 9.84. The Bertz CT molecular complexity index is 1040. The van der Waals surface area contributed by atoms with Crippen LogP contribution < -0.4 is 0 Å². The lowest BCUT2D eigenvalue weighted by Gasteiger charge is -2.20. The van der Waals surface area contributed by atoms with Crippen LogP contribution in [0.25, 0.3) is 11.6 Å². The molecule has 0 aliphatic carbocycles. The van der Waals surface area contributed by atoms with Gasteiger partial charge in [0.05, 0.1) is 25.1 Å². The largest absolute Gasteiger partial charge is 0.508 e. The van der Waals surface area contributed by atoms with Crippen LogP contribution in [0.4, 0.5) is 0 Å². The van der Waals surface area contributed by atoms with Crippen molar-refractivity contribution in [1.29, 1.82) is 0 Å². The summed E-state index contributed by atoms with van der Waals surface area (Å²) in [5.41, 5.74) is 3.76. The number of hydrogen-bond donors (Lipinski definition) is 3. The van der Waals surface area contributed by atoms with Crippen LogP contribution in [-0.2, 0) is 14.6 Å². The van der Waals surface area contributed by atoms with E-state index in [2.05, 4.69) is 0 Å². The Morgan fingerprint density at radius 2 is 1.84 bits per heavy atom. The third kappa shape index (κ3) is 5.62. The van der Waals surface area contributed by atoms with Gasteiger partial charge in [-0.05, 0) is 52.8 Å². The predicted molar refractivity (Wildman–Crippen MR) is 121 cm³/mol. The lowest BCUT2D eigenvalue weighted by atomic mass is 9.92. The van der Waals surface area contributed by atoms with E-state index in [9.17, 15) is 23.7 Å². The van der Waals surface area contributed by atoms with Crippen LogP contribution in [0.15, 0.2) is 65.7 Å². The molecule has 166 valence electrons. The third-order valence-electron chi connectivity index (χ3n) is 5.47. The van der Waals surface area contributed by atoms with Crippen molar-refractivity contribution in [1.82, 2.24) is 0 Å². The highest BCUT2D eigenvalue weighted by Gasteiger charge is 2.40. The maximum Gasteiger partial charge on any atom is 0.163 e. The minimum Gasteiger partial charge on any atom is -0.508 e. The number of benzene rings is 2. The molecule has 31 heavy (non-hydrogen) atoms. The Labute approximate surface area is 183 Å². The zero-order valence-electron chi connectivity index (χ0n) is 17.4. The molecule has 0 spiro atoms. The lowest BCUT2D eigenvalue weighted by molar-refractivity contribution is 0.184. The maximum atomic E-state index is 12.4. The summed E-state index contributed by atoms with van der Waals surface area (Å²) in [6.45, 7) is -0.451. The molecule has 2 aromatic carbocycles. The molecular formula is C24H28O6S. The molecule has 7 heteroatoms. The van der Waals surface area contributed by atoms with Crippen molar-refractivity contribution in [2.24, 2.45) is 0 Å². The second-order valence-electron chi connectivity index (χ2n) is 7.65. The minimum atomic E-state index is -3.55. The highest BCUT2D eigenvalue weighted by Crippen LogP contribution is 2.33. The summed E-state index contributed by atoms with van der Waals surface area (Å²) < 4.78 is 30.0. The maximum absolute atomic E-state index is 12.4. The van der Waals surface area contributed by atoms with E-state index < -0.39 is 27.8 Å². The number of phenols is 1. The zero-order valence-corrected chi connectivity index (χ0v) is 18.3. The first-order chi connectivity index (χ1) is 14.9. The van der Waals surface area contributed by atoms with Crippen molar-refractivity contribution in [2.45, 2.75) is 24.2 Å². The van der Waals surface area contributed by atoms with Gasteiger partial charge >= 0.3 is 0 Å². The van der Waals surface area contributed by atoms with Crippen LogP contribution in [0.5, 0.6) is 5.75 Å². The van der Waals surface area contributed by atoms with Crippen molar-refractivity contribution >= 4 is 21.5 Å². The van der Waals surface area contributed by atoms with E-state index in [0.717, 1.165) is 16.7 Å². The highest BCUT2D eigenvalue weighted by atomic mass is 32.2. The summed E-state index contributed by atoms with van der Waals surface area (Å²) in [5, 5.41) is 29.0. The van der Waals surface area contributed by atoms with Crippen molar-refractivity contribution in [3.05, 3.63) is 76.9 Å². The Balaban J connectivity index is 1.87. The van der Waals surface area contributed by atoms with E-state index in [1.165, 1.54) is 7.11 Å².